The van der Waals surface area contributed by atoms with E-state index in [1.165, 1.54) is 37.3 Å². The van der Waals surface area contributed by atoms with E-state index in [4.69, 9.17) is 9.47 Å². The average molecular weight is 732 g/mol. The van der Waals surface area contributed by atoms with Gasteiger partial charge in [0, 0.05) is 36.0 Å². The highest BCUT2D eigenvalue weighted by Crippen LogP contribution is 2.38. The Morgan fingerprint density at radius 1 is 1.02 bits per heavy atom. The summed E-state index contributed by atoms with van der Waals surface area (Å²) in [6.07, 6.45) is -0.600. The highest BCUT2D eigenvalue weighted by Gasteiger charge is 2.36. The lowest BCUT2D eigenvalue weighted by molar-refractivity contribution is -0.144. The predicted molar refractivity (Wildman–Crippen MR) is 190 cm³/mol. The SMILES string of the molecule is C=CCCOc1cc(F)cc(C)c1-c1cc(C)c(F)c([C@H](CC(=O)OCC)NC(=O)[C@H](CCC=C)n2cc(CCN(C)C)c(C(F)(F)F)cc2=O)c1. The Kier molecular flexibility index (Phi) is 14.9. The number of ether oxygens (including phenoxy) is 2. The summed E-state index contributed by atoms with van der Waals surface area (Å²) in [5.41, 5.74) is -0.959. The second-order valence-electron chi connectivity index (χ2n) is 12.7. The van der Waals surface area contributed by atoms with E-state index < -0.39 is 59.3 Å². The number of nitrogens with one attached hydrogen (secondary N) is 1. The Bertz CT molecular complexity index is 1820. The van der Waals surface area contributed by atoms with Gasteiger partial charge in [0.05, 0.1) is 31.2 Å². The van der Waals surface area contributed by atoms with E-state index in [1.54, 1.807) is 38.9 Å². The zero-order valence-corrected chi connectivity index (χ0v) is 30.2. The lowest BCUT2D eigenvalue weighted by Crippen LogP contribution is -2.40. The first-order chi connectivity index (χ1) is 24.5. The fourth-order valence-electron chi connectivity index (χ4n) is 5.85. The number of carbonyl (C=O) groups excluding carboxylic acids is 2. The molecule has 0 spiro atoms. The maximum atomic E-state index is 16.1. The van der Waals surface area contributed by atoms with Crippen molar-refractivity contribution in [3.05, 3.63) is 112 Å². The summed E-state index contributed by atoms with van der Waals surface area (Å²) < 4.78 is 84.6. The molecule has 13 heteroatoms. The number of pyridine rings is 1. The minimum Gasteiger partial charge on any atom is -0.493 e. The van der Waals surface area contributed by atoms with Gasteiger partial charge < -0.3 is 24.3 Å². The Balaban J connectivity index is 2.19. The first-order valence-corrected chi connectivity index (χ1v) is 16.9. The van der Waals surface area contributed by atoms with Crippen molar-refractivity contribution < 1.29 is 41.0 Å². The second-order valence-corrected chi connectivity index (χ2v) is 12.7. The first kappa shape index (κ1) is 41.6. The van der Waals surface area contributed by atoms with Crippen LogP contribution in [0.5, 0.6) is 5.75 Å². The molecule has 0 radical (unpaired) electrons. The maximum Gasteiger partial charge on any atom is 0.416 e. The third-order valence-corrected chi connectivity index (χ3v) is 8.36. The molecule has 1 aromatic heterocycles. The number of halogens is 5. The standard InChI is InChI=1S/C39H46F5N3O5/c1-8-11-13-32(47-23-26(14-15-46(6)7)30(21-34(47)48)39(42,43)44)38(50)45-31(22-35(49)51-10-3)29-19-27(17-25(5)37(29)41)36-24(4)18-28(40)20-33(36)52-16-12-9-2/h8-9,17-21,23,31-32H,1-2,10-16,22H2,3-7H3,(H,45,50)/t31-,32-/m0/s1. The summed E-state index contributed by atoms with van der Waals surface area (Å²) in [6, 6.07) is 3.24. The third kappa shape index (κ3) is 10.9. The fourth-order valence-corrected chi connectivity index (χ4v) is 5.85. The van der Waals surface area contributed by atoms with Crippen LogP contribution in [0.15, 0.2) is 66.6 Å². The molecular formula is C39H46F5N3O5. The van der Waals surface area contributed by atoms with Crippen LogP contribution in [-0.2, 0) is 26.9 Å². The van der Waals surface area contributed by atoms with Gasteiger partial charge in [-0.3, -0.25) is 14.4 Å². The van der Waals surface area contributed by atoms with Crippen molar-refractivity contribution in [2.45, 2.75) is 71.1 Å². The van der Waals surface area contributed by atoms with Gasteiger partial charge in [-0.15, -0.1) is 13.2 Å². The summed E-state index contributed by atoms with van der Waals surface area (Å²) in [6.45, 7) is 12.5. The second kappa shape index (κ2) is 18.6. The van der Waals surface area contributed by atoms with Crippen LogP contribution in [0.25, 0.3) is 11.1 Å². The van der Waals surface area contributed by atoms with Crippen LogP contribution >= 0.6 is 0 Å². The number of aromatic nitrogens is 1. The molecule has 0 unspecified atom stereocenters. The zero-order chi connectivity index (χ0) is 38.7. The topological polar surface area (TPSA) is 89.9 Å². The molecule has 282 valence electrons. The molecular weight excluding hydrogens is 685 g/mol. The van der Waals surface area contributed by atoms with Crippen LogP contribution < -0.4 is 15.6 Å². The van der Waals surface area contributed by atoms with Crippen molar-refractivity contribution in [2.75, 3.05) is 33.9 Å². The van der Waals surface area contributed by atoms with E-state index >= 15 is 4.39 Å². The molecule has 0 bridgehead atoms. The number of aryl methyl sites for hydroxylation is 2. The molecule has 2 atom stereocenters. The molecule has 8 nitrogen and oxygen atoms in total. The number of esters is 1. The Labute approximate surface area is 300 Å². The molecule has 0 aliphatic heterocycles. The van der Waals surface area contributed by atoms with Crippen molar-refractivity contribution in [1.82, 2.24) is 14.8 Å². The maximum absolute atomic E-state index is 16.1. The van der Waals surface area contributed by atoms with Crippen LogP contribution in [0.3, 0.4) is 0 Å². The van der Waals surface area contributed by atoms with Crippen LogP contribution in [0.4, 0.5) is 22.0 Å². The number of nitrogens with zero attached hydrogens (tertiary/aromatic N) is 2. The van der Waals surface area contributed by atoms with Crippen molar-refractivity contribution in [1.29, 1.82) is 0 Å². The molecule has 1 N–H and O–H groups in total. The van der Waals surface area contributed by atoms with Gasteiger partial charge in [0.15, 0.2) is 0 Å². The van der Waals surface area contributed by atoms with Gasteiger partial charge in [0.2, 0.25) is 5.91 Å². The molecule has 0 fully saturated rings. The van der Waals surface area contributed by atoms with Crippen LogP contribution in [0.2, 0.25) is 0 Å². The van der Waals surface area contributed by atoms with E-state index in [2.05, 4.69) is 18.5 Å². The zero-order valence-electron chi connectivity index (χ0n) is 30.2. The van der Waals surface area contributed by atoms with Crippen LogP contribution in [-0.4, -0.2) is 55.2 Å². The molecule has 3 aromatic rings. The molecule has 0 aliphatic rings. The van der Waals surface area contributed by atoms with E-state index in [0.717, 1.165) is 10.8 Å². The Morgan fingerprint density at radius 2 is 1.71 bits per heavy atom. The average Bonchev–Trinajstić information content (AvgIpc) is 3.05. The normalized spacial score (nSPS) is 12.7. The van der Waals surface area contributed by atoms with E-state index in [-0.39, 0.29) is 61.5 Å². The molecule has 52 heavy (non-hydrogen) atoms. The summed E-state index contributed by atoms with van der Waals surface area (Å²) in [5.74, 6) is -2.70. The van der Waals surface area contributed by atoms with E-state index in [1.807, 2.05) is 0 Å². The first-order valence-electron chi connectivity index (χ1n) is 16.9. The van der Waals surface area contributed by atoms with Crippen molar-refractivity contribution in [3.63, 3.8) is 0 Å². The number of carbonyl (C=O) groups is 2. The highest BCUT2D eigenvalue weighted by molar-refractivity contribution is 5.82. The largest absolute Gasteiger partial charge is 0.493 e. The minimum atomic E-state index is -4.82. The van der Waals surface area contributed by atoms with Crippen LogP contribution in [0, 0.1) is 25.5 Å². The number of amides is 1. The van der Waals surface area contributed by atoms with Crippen molar-refractivity contribution in [2.24, 2.45) is 0 Å². The van der Waals surface area contributed by atoms with E-state index in [0.29, 0.717) is 29.2 Å². The highest BCUT2D eigenvalue weighted by atomic mass is 19.4. The lowest BCUT2D eigenvalue weighted by Gasteiger charge is -2.26. The minimum absolute atomic E-state index is 0.000135. The molecule has 2 aromatic carbocycles. The summed E-state index contributed by atoms with van der Waals surface area (Å²) in [5, 5.41) is 2.69. The third-order valence-electron chi connectivity index (χ3n) is 8.36. The number of alkyl halides is 3. The molecule has 1 amide bonds. The quantitative estimate of drug-likeness (QED) is 0.0622. The monoisotopic (exact) mass is 731 g/mol. The number of rotatable bonds is 18. The van der Waals surface area contributed by atoms with Gasteiger partial charge in [-0.05, 0) is 101 Å². The Morgan fingerprint density at radius 3 is 2.33 bits per heavy atom. The van der Waals surface area contributed by atoms with Gasteiger partial charge in [0.1, 0.15) is 23.4 Å². The summed E-state index contributed by atoms with van der Waals surface area (Å²) >= 11 is 0. The van der Waals surface area contributed by atoms with Gasteiger partial charge in [-0.2, -0.15) is 13.2 Å². The van der Waals surface area contributed by atoms with E-state index in [9.17, 15) is 31.9 Å². The van der Waals surface area contributed by atoms with Crippen molar-refractivity contribution in [3.8, 4) is 16.9 Å². The lowest BCUT2D eigenvalue weighted by atomic mass is 9.92. The number of hydrogen-bond acceptors (Lipinski definition) is 6. The Hall–Kier alpha value is -4.78. The van der Waals surface area contributed by atoms with Gasteiger partial charge in [-0.1, -0.05) is 12.2 Å². The summed E-state index contributed by atoms with van der Waals surface area (Å²) in [4.78, 5) is 42.0. The summed E-state index contributed by atoms with van der Waals surface area (Å²) in [7, 11) is 3.38. The number of likely N-dealkylation sites (N-methyl/N-ethyl adjacent to an activating group) is 1. The number of hydrogen-bond donors (Lipinski definition) is 1. The molecule has 0 saturated carbocycles. The van der Waals surface area contributed by atoms with Gasteiger partial charge >= 0.3 is 12.1 Å². The van der Waals surface area contributed by atoms with Gasteiger partial charge in [-0.25, -0.2) is 8.78 Å². The smallest absolute Gasteiger partial charge is 0.416 e. The van der Waals surface area contributed by atoms with Gasteiger partial charge in [0.25, 0.3) is 5.56 Å². The molecule has 1 heterocycles. The van der Waals surface area contributed by atoms with Crippen LogP contribution in [0.1, 0.15) is 72.5 Å². The predicted octanol–water partition coefficient (Wildman–Crippen LogP) is 7.81. The van der Waals surface area contributed by atoms with Crippen molar-refractivity contribution >= 4 is 11.9 Å². The number of benzene rings is 2. The fraction of sp³-hybridized carbons (Fsp3) is 0.410. The molecule has 0 aliphatic carbocycles. The molecule has 3 rings (SSSR count). The molecule has 0 saturated heterocycles. The number of allylic oxidation sites excluding steroid dienone is 1.